The Morgan fingerprint density at radius 3 is 2.88 bits per heavy atom. The van der Waals surface area contributed by atoms with Crippen LogP contribution in [0.1, 0.15) is 26.7 Å². The maximum absolute atomic E-state index is 11.5. The molecular weight excluding hydrogens is 240 g/mol. The molecule has 1 aliphatic heterocycles. The van der Waals surface area contributed by atoms with E-state index in [1.807, 2.05) is 6.92 Å². The molecule has 98 valence electrons. The lowest BCUT2D eigenvalue weighted by atomic mass is 10.0. The van der Waals surface area contributed by atoms with E-state index in [1.165, 1.54) is 11.8 Å². The fourth-order valence-corrected chi connectivity index (χ4v) is 2.22. The summed E-state index contributed by atoms with van der Waals surface area (Å²) >= 11 is 1.29. The number of thioether (sulfide) groups is 1. The molecule has 0 bridgehead atoms. The molecule has 2 N–H and O–H groups in total. The van der Waals surface area contributed by atoms with Gasteiger partial charge in [-0.2, -0.15) is 0 Å². The lowest BCUT2D eigenvalue weighted by Crippen LogP contribution is -2.41. The first-order valence-corrected chi connectivity index (χ1v) is 6.84. The van der Waals surface area contributed by atoms with Crippen LogP contribution in [0.25, 0.3) is 0 Å². The molecule has 0 aromatic rings. The zero-order chi connectivity index (χ0) is 12.9. The molecular formula is C11H20N2O3S. The summed E-state index contributed by atoms with van der Waals surface area (Å²) in [5.74, 6) is 0.689. The van der Waals surface area contributed by atoms with Crippen molar-refractivity contribution in [1.82, 2.24) is 10.2 Å². The van der Waals surface area contributed by atoms with Crippen LogP contribution in [0.5, 0.6) is 0 Å². The van der Waals surface area contributed by atoms with E-state index in [0.717, 1.165) is 12.3 Å². The highest BCUT2D eigenvalue weighted by molar-refractivity contribution is 8.13. The molecule has 0 radical (unpaired) electrons. The largest absolute Gasteiger partial charge is 0.388 e. The monoisotopic (exact) mass is 260 g/mol. The van der Waals surface area contributed by atoms with E-state index in [-0.39, 0.29) is 17.7 Å². The molecule has 6 heteroatoms. The third kappa shape index (κ3) is 4.95. The molecule has 1 atom stereocenters. The summed E-state index contributed by atoms with van der Waals surface area (Å²) in [6, 6.07) is 0. The van der Waals surface area contributed by atoms with Crippen molar-refractivity contribution in [2.24, 2.45) is 0 Å². The van der Waals surface area contributed by atoms with E-state index in [2.05, 4.69) is 5.32 Å². The molecule has 0 aromatic heterocycles. The van der Waals surface area contributed by atoms with Gasteiger partial charge in [-0.25, -0.2) is 0 Å². The molecule has 1 rings (SSSR count). The smallest absolute Gasteiger partial charge is 0.281 e. The molecule has 0 aromatic carbocycles. The number of rotatable bonds is 6. The van der Waals surface area contributed by atoms with Gasteiger partial charge in [-0.15, -0.1) is 0 Å². The van der Waals surface area contributed by atoms with E-state index in [1.54, 1.807) is 11.8 Å². The topological polar surface area (TPSA) is 69.6 Å². The van der Waals surface area contributed by atoms with Crippen LogP contribution in [-0.4, -0.2) is 52.1 Å². The highest BCUT2D eigenvalue weighted by Gasteiger charge is 2.22. The number of aliphatic hydroxyl groups is 1. The van der Waals surface area contributed by atoms with Crippen LogP contribution >= 0.6 is 11.8 Å². The normalized spacial score (nSPS) is 19.2. The van der Waals surface area contributed by atoms with Crippen molar-refractivity contribution in [3.05, 3.63) is 0 Å². The number of amides is 2. The van der Waals surface area contributed by atoms with Gasteiger partial charge in [0.1, 0.15) is 0 Å². The molecule has 5 nitrogen and oxygen atoms in total. The molecule has 17 heavy (non-hydrogen) atoms. The third-order valence-electron chi connectivity index (χ3n) is 2.88. The molecule has 1 unspecified atom stereocenters. The highest BCUT2D eigenvalue weighted by atomic mass is 32.2. The standard InChI is InChI=1S/C11H20N2O3S/c1-3-11(2,16)8-12-9(14)4-5-13-6-7-17-10(13)15/h16H,3-8H2,1-2H3,(H,12,14). The summed E-state index contributed by atoms with van der Waals surface area (Å²) in [6.45, 7) is 5.00. The number of carbonyl (C=O) groups is 2. The Labute approximate surface area is 106 Å². The Morgan fingerprint density at radius 1 is 1.65 bits per heavy atom. The first-order valence-electron chi connectivity index (χ1n) is 5.85. The van der Waals surface area contributed by atoms with Crippen LogP contribution in [0, 0.1) is 0 Å². The predicted octanol–water partition coefficient (Wildman–Crippen LogP) is 0.823. The Hall–Kier alpha value is -0.750. The van der Waals surface area contributed by atoms with Crippen LogP contribution in [0.4, 0.5) is 4.79 Å². The van der Waals surface area contributed by atoms with Crippen LogP contribution in [0.2, 0.25) is 0 Å². The van der Waals surface area contributed by atoms with E-state index in [4.69, 9.17) is 0 Å². The molecule has 1 heterocycles. The maximum atomic E-state index is 11.5. The van der Waals surface area contributed by atoms with Gasteiger partial charge in [0.2, 0.25) is 5.91 Å². The maximum Gasteiger partial charge on any atom is 0.281 e. The molecule has 0 spiro atoms. The first-order chi connectivity index (χ1) is 7.94. The van der Waals surface area contributed by atoms with Gasteiger partial charge in [-0.1, -0.05) is 18.7 Å². The Morgan fingerprint density at radius 2 is 2.35 bits per heavy atom. The van der Waals surface area contributed by atoms with Crippen LogP contribution in [-0.2, 0) is 4.79 Å². The Bertz CT molecular complexity index is 294. The number of carbonyl (C=O) groups excluding carboxylic acids is 2. The lowest BCUT2D eigenvalue weighted by Gasteiger charge is -2.22. The molecule has 1 fully saturated rings. The van der Waals surface area contributed by atoms with E-state index >= 15 is 0 Å². The lowest BCUT2D eigenvalue weighted by molar-refractivity contribution is -0.122. The number of nitrogens with one attached hydrogen (secondary N) is 1. The fourth-order valence-electron chi connectivity index (χ4n) is 1.37. The molecule has 1 saturated heterocycles. The van der Waals surface area contributed by atoms with Crippen molar-refractivity contribution in [3.63, 3.8) is 0 Å². The van der Waals surface area contributed by atoms with Crippen molar-refractivity contribution < 1.29 is 14.7 Å². The Kier molecular flexibility index (Phi) is 5.27. The average molecular weight is 260 g/mol. The predicted molar refractivity (Wildman–Crippen MR) is 68.0 cm³/mol. The second kappa shape index (κ2) is 6.26. The van der Waals surface area contributed by atoms with Crippen molar-refractivity contribution in [3.8, 4) is 0 Å². The second-order valence-corrected chi connectivity index (χ2v) is 5.52. The summed E-state index contributed by atoms with van der Waals surface area (Å²) in [4.78, 5) is 24.5. The van der Waals surface area contributed by atoms with Crippen molar-refractivity contribution in [2.45, 2.75) is 32.3 Å². The average Bonchev–Trinajstić information content (AvgIpc) is 2.70. The molecule has 2 amide bonds. The van der Waals surface area contributed by atoms with E-state index < -0.39 is 5.60 Å². The van der Waals surface area contributed by atoms with Gasteiger partial charge in [-0.05, 0) is 13.3 Å². The second-order valence-electron chi connectivity index (χ2n) is 4.48. The van der Waals surface area contributed by atoms with Gasteiger partial charge in [0.15, 0.2) is 0 Å². The first kappa shape index (κ1) is 14.3. The third-order valence-corrected chi connectivity index (χ3v) is 3.77. The van der Waals surface area contributed by atoms with Gasteiger partial charge in [0.25, 0.3) is 5.24 Å². The summed E-state index contributed by atoms with van der Waals surface area (Å²) in [5, 5.41) is 12.4. The van der Waals surface area contributed by atoms with Gasteiger partial charge < -0.3 is 15.3 Å². The van der Waals surface area contributed by atoms with Gasteiger partial charge in [0.05, 0.1) is 5.60 Å². The zero-order valence-electron chi connectivity index (χ0n) is 10.4. The van der Waals surface area contributed by atoms with Crippen molar-refractivity contribution >= 4 is 22.9 Å². The summed E-state index contributed by atoms with van der Waals surface area (Å²) in [5.41, 5.74) is -0.852. The fraction of sp³-hybridized carbons (Fsp3) is 0.818. The SMILES string of the molecule is CCC(C)(O)CNC(=O)CCN1CCSC1=O. The molecule has 0 aliphatic carbocycles. The van der Waals surface area contributed by atoms with Gasteiger partial charge >= 0.3 is 0 Å². The number of hydrogen-bond acceptors (Lipinski definition) is 4. The summed E-state index contributed by atoms with van der Waals surface area (Å²) < 4.78 is 0. The quantitative estimate of drug-likeness (QED) is 0.742. The number of hydrogen-bond donors (Lipinski definition) is 2. The minimum atomic E-state index is -0.852. The van der Waals surface area contributed by atoms with Crippen molar-refractivity contribution in [1.29, 1.82) is 0 Å². The zero-order valence-corrected chi connectivity index (χ0v) is 11.2. The number of nitrogens with zero attached hydrogens (tertiary/aromatic N) is 1. The van der Waals surface area contributed by atoms with Crippen molar-refractivity contribution in [2.75, 3.05) is 25.4 Å². The Balaban J connectivity index is 2.19. The van der Waals surface area contributed by atoms with Gasteiger partial charge in [0, 0.05) is 31.8 Å². The minimum Gasteiger partial charge on any atom is -0.388 e. The van der Waals surface area contributed by atoms with Crippen LogP contribution in [0.15, 0.2) is 0 Å². The van der Waals surface area contributed by atoms with Gasteiger partial charge in [-0.3, -0.25) is 9.59 Å². The minimum absolute atomic E-state index is 0.0540. The summed E-state index contributed by atoms with van der Waals surface area (Å²) in [6.07, 6.45) is 0.890. The molecule has 0 saturated carbocycles. The molecule has 1 aliphatic rings. The summed E-state index contributed by atoms with van der Waals surface area (Å²) in [7, 11) is 0. The van der Waals surface area contributed by atoms with Crippen LogP contribution < -0.4 is 5.32 Å². The van der Waals surface area contributed by atoms with E-state index in [9.17, 15) is 14.7 Å². The van der Waals surface area contributed by atoms with E-state index in [0.29, 0.717) is 19.4 Å². The highest BCUT2D eigenvalue weighted by Crippen LogP contribution is 2.17. The van der Waals surface area contributed by atoms with Crippen LogP contribution in [0.3, 0.4) is 0 Å².